The second-order valence-corrected chi connectivity index (χ2v) is 6.68. The van der Waals surface area contributed by atoms with E-state index in [2.05, 4.69) is 22.5 Å². The molecule has 0 atom stereocenters. The molecule has 0 bridgehead atoms. The summed E-state index contributed by atoms with van der Waals surface area (Å²) in [5.74, 6) is 0.374. The van der Waals surface area contributed by atoms with Gasteiger partial charge in [0, 0.05) is 17.1 Å². The first kappa shape index (κ1) is 20.7. The van der Waals surface area contributed by atoms with Crippen LogP contribution in [0.1, 0.15) is 17.5 Å². The van der Waals surface area contributed by atoms with Gasteiger partial charge in [-0.25, -0.2) is 0 Å². The van der Waals surface area contributed by atoms with Crippen molar-refractivity contribution in [3.05, 3.63) is 84.8 Å². The highest BCUT2D eigenvalue weighted by Crippen LogP contribution is 2.18. The quantitative estimate of drug-likeness (QED) is 0.455. The van der Waals surface area contributed by atoms with Gasteiger partial charge in [-0.3, -0.25) is 9.59 Å². The van der Waals surface area contributed by atoms with Crippen molar-refractivity contribution in [3.63, 3.8) is 0 Å². The molecule has 2 amide bonds. The molecule has 0 fully saturated rings. The molecule has 30 heavy (non-hydrogen) atoms. The van der Waals surface area contributed by atoms with E-state index in [-0.39, 0.29) is 24.1 Å². The zero-order chi connectivity index (χ0) is 21.3. The van der Waals surface area contributed by atoms with Crippen molar-refractivity contribution in [2.45, 2.75) is 6.92 Å². The van der Waals surface area contributed by atoms with Gasteiger partial charge < -0.3 is 25.1 Å². The van der Waals surface area contributed by atoms with Crippen LogP contribution >= 0.6 is 0 Å². The van der Waals surface area contributed by atoms with Crippen molar-refractivity contribution >= 4 is 28.9 Å². The molecule has 1 heterocycles. The van der Waals surface area contributed by atoms with E-state index in [9.17, 15) is 9.59 Å². The first-order chi connectivity index (χ1) is 14.5. The first-order valence-electron chi connectivity index (χ1n) is 9.35. The third-order valence-electron chi connectivity index (χ3n) is 3.94. The van der Waals surface area contributed by atoms with E-state index in [1.54, 1.807) is 36.4 Å². The average molecular weight is 405 g/mol. The summed E-state index contributed by atoms with van der Waals surface area (Å²) in [6.07, 6.45) is 1.43. The Morgan fingerprint density at radius 3 is 2.37 bits per heavy atom. The topological polar surface area (TPSA) is 92.6 Å². The van der Waals surface area contributed by atoms with Gasteiger partial charge in [-0.05, 0) is 67.1 Å². The van der Waals surface area contributed by atoms with Gasteiger partial charge in [0.2, 0.25) is 5.91 Å². The molecule has 0 aliphatic carbocycles. The van der Waals surface area contributed by atoms with Crippen LogP contribution in [0.5, 0.6) is 5.75 Å². The molecule has 0 radical (unpaired) electrons. The van der Waals surface area contributed by atoms with Crippen LogP contribution in [0.25, 0.3) is 0 Å². The molecule has 1 aromatic heterocycles. The number of nitrogens with one attached hydrogen (secondary N) is 3. The fourth-order valence-electron chi connectivity index (χ4n) is 2.54. The van der Waals surface area contributed by atoms with Crippen molar-refractivity contribution in [3.8, 4) is 5.75 Å². The van der Waals surface area contributed by atoms with E-state index in [1.807, 2.05) is 31.2 Å². The number of carbonyl (C=O) groups excluding carboxylic acids is 2. The van der Waals surface area contributed by atoms with Crippen LogP contribution in [-0.4, -0.2) is 25.0 Å². The highest BCUT2D eigenvalue weighted by molar-refractivity contribution is 6.02. The summed E-state index contributed by atoms with van der Waals surface area (Å²) in [6.45, 7) is 6.26. The molecule has 0 saturated heterocycles. The van der Waals surface area contributed by atoms with Gasteiger partial charge in [-0.2, -0.15) is 0 Å². The number of anilines is 3. The number of hydrogen-bond donors (Lipinski definition) is 3. The van der Waals surface area contributed by atoms with Crippen LogP contribution in [0.2, 0.25) is 0 Å². The summed E-state index contributed by atoms with van der Waals surface area (Å²) in [6, 6.07) is 17.4. The summed E-state index contributed by atoms with van der Waals surface area (Å²) in [5, 5.41) is 8.57. The van der Waals surface area contributed by atoms with Gasteiger partial charge in [0.05, 0.1) is 12.8 Å². The highest BCUT2D eigenvalue weighted by Gasteiger charge is 2.09. The zero-order valence-electron chi connectivity index (χ0n) is 16.6. The SMILES string of the molecule is C=C(C)COc1ccc(NCC(=O)Nc2cccc(NC(=O)c3ccco3)c2)cc1. The molecule has 0 saturated carbocycles. The Labute approximate surface area is 174 Å². The molecule has 3 N–H and O–H groups in total. The van der Waals surface area contributed by atoms with E-state index >= 15 is 0 Å². The standard InChI is InChI=1S/C23H23N3O4/c1-16(2)15-30-20-10-8-17(9-11-20)24-14-22(27)25-18-5-3-6-19(13-18)26-23(28)21-7-4-12-29-21/h3-13,24H,1,14-15H2,2H3,(H,25,27)(H,26,28). The van der Waals surface area contributed by atoms with Crippen LogP contribution in [-0.2, 0) is 4.79 Å². The number of carbonyl (C=O) groups is 2. The molecule has 3 rings (SSSR count). The van der Waals surface area contributed by atoms with Crippen LogP contribution in [0, 0.1) is 0 Å². The van der Waals surface area contributed by atoms with Crippen LogP contribution in [0.15, 0.2) is 83.5 Å². The largest absolute Gasteiger partial charge is 0.489 e. The number of ether oxygens (including phenoxy) is 1. The monoisotopic (exact) mass is 405 g/mol. The maximum absolute atomic E-state index is 12.2. The van der Waals surface area contributed by atoms with Crippen molar-refractivity contribution < 1.29 is 18.7 Å². The average Bonchev–Trinajstić information content (AvgIpc) is 3.27. The molecule has 0 aliphatic heterocycles. The van der Waals surface area contributed by atoms with Gasteiger partial charge >= 0.3 is 0 Å². The normalized spacial score (nSPS) is 10.2. The Morgan fingerprint density at radius 2 is 1.70 bits per heavy atom. The first-order valence-corrected chi connectivity index (χ1v) is 9.35. The Hall–Kier alpha value is -4.00. The minimum atomic E-state index is -0.360. The van der Waals surface area contributed by atoms with Gasteiger partial charge in [-0.1, -0.05) is 12.6 Å². The van der Waals surface area contributed by atoms with E-state index in [4.69, 9.17) is 9.15 Å². The molecule has 2 aromatic carbocycles. The van der Waals surface area contributed by atoms with Crippen molar-refractivity contribution in [2.75, 3.05) is 29.1 Å². The van der Waals surface area contributed by atoms with Gasteiger partial charge in [0.1, 0.15) is 12.4 Å². The fraction of sp³-hybridized carbons (Fsp3) is 0.130. The lowest BCUT2D eigenvalue weighted by Crippen LogP contribution is -2.21. The lowest BCUT2D eigenvalue weighted by Gasteiger charge is -2.10. The van der Waals surface area contributed by atoms with Crippen LogP contribution in [0.3, 0.4) is 0 Å². The molecule has 0 spiro atoms. The van der Waals surface area contributed by atoms with Crippen LogP contribution < -0.4 is 20.7 Å². The molecular formula is C23H23N3O4. The minimum Gasteiger partial charge on any atom is -0.489 e. The molecular weight excluding hydrogens is 382 g/mol. The highest BCUT2D eigenvalue weighted by atomic mass is 16.5. The van der Waals surface area contributed by atoms with Gasteiger partial charge in [0.15, 0.2) is 5.76 Å². The predicted octanol–water partition coefficient (Wildman–Crippen LogP) is 4.54. The smallest absolute Gasteiger partial charge is 0.291 e. The fourth-order valence-corrected chi connectivity index (χ4v) is 2.54. The lowest BCUT2D eigenvalue weighted by atomic mass is 10.2. The van der Waals surface area contributed by atoms with E-state index in [0.717, 1.165) is 17.0 Å². The number of furan rings is 1. The Balaban J connectivity index is 1.49. The van der Waals surface area contributed by atoms with E-state index in [0.29, 0.717) is 18.0 Å². The Bertz CT molecular complexity index is 1010. The second-order valence-electron chi connectivity index (χ2n) is 6.68. The summed E-state index contributed by atoms with van der Waals surface area (Å²) >= 11 is 0. The third kappa shape index (κ3) is 6.27. The Morgan fingerprint density at radius 1 is 0.967 bits per heavy atom. The molecule has 0 aliphatic rings. The summed E-state index contributed by atoms with van der Waals surface area (Å²) < 4.78 is 10.6. The number of benzene rings is 2. The molecule has 7 heteroatoms. The number of amides is 2. The lowest BCUT2D eigenvalue weighted by molar-refractivity contribution is -0.114. The molecule has 7 nitrogen and oxygen atoms in total. The maximum atomic E-state index is 12.2. The minimum absolute atomic E-state index is 0.0922. The zero-order valence-corrected chi connectivity index (χ0v) is 16.6. The molecule has 154 valence electrons. The summed E-state index contributed by atoms with van der Waals surface area (Å²) in [7, 11) is 0. The summed E-state index contributed by atoms with van der Waals surface area (Å²) in [4.78, 5) is 24.3. The van der Waals surface area contributed by atoms with Crippen molar-refractivity contribution in [1.29, 1.82) is 0 Å². The predicted molar refractivity (Wildman–Crippen MR) is 117 cm³/mol. The van der Waals surface area contributed by atoms with Crippen molar-refractivity contribution in [2.24, 2.45) is 0 Å². The van der Waals surface area contributed by atoms with E-state index in [1.165, 1.54) is 6.26 Å². The number of rotatable bonds is 9. The van der Waals surface area contributed by atoms with Crippen molar-refractivity contribution in [1.82, 2.24) is 0 Å². The second kappa shape index (κ2) is 9.97. The molecule has 0 unspecified atom stereocenters. The molecule has 3 aromatic rings. The Kier molecular flexibility index (Phi) is 6.89. The van der Waals surface area contributed by atoms with E-state index < -0.39 is 0 Å². The van der Waals surface area contributed by atoms with Gasteiger partial charge in [0.25, 0.3) is 5.91 Å². The number of hydrogen-bond acceptors (Lipinski definition) is 5. The van der Waals surface area contributed by atoms with Crippen LogP contribution in [0.4, 0.5) is 17.1 Å². The third-order valence-corrected chi connectivity index (χ3v) is 3.94. The maximum Gasteiger partial charge on any atom is 0.291 e. The van der Waals surface area contributed by atoms with Gasteiger partial charge in [-0.15, -0.1) is 0 Å². The summed E-state index contributed by atoms with van der Waals surface area (Å²) in [5.41, 5.74) is 2.86.